The van der Waals surface area contributed by atoms with E-state index in [1.165, 1.54) is 4.90 Å². The third kappa shape index (κ3) is 1.15. The van der Waals surface area contributed by atoms with E-state index in [-0.39, 0.29) is 5.91 Å². The van der Waals surface area contributed by atoms with Gasteiger partial charge in [0.2, 0.25) is 5.91 Å². The summed E-state index contributed by atoms with van der Waals surface area (Å²) in [7, 11) is 0. The van der Waals surface area contributed by atoms with Crippen molar-refractivity contribution in [1.82, 2.24) is 0 Å². The van der Waals surface area contributed by atoms with Crippen molar-refractivity contribution in [2.45, 2.75) is 6.92 Å². The molecule has 1 saturated heterocycles. The van der Waals surface area contributed by atoms with Crippen LogP contribution in [-0.4, -0.2) is 12.4 Å². The summed E-state index contributed by atoms with van der Waals surface area (Å²) in [5.41, 5.74) is 0.0531. The van der Waals surface area contributed by atoms with Gasteiger partial charge in [0, 0.05) is 12.2 Å². The van der Waals surface area contributed by atoms with E-state index in [1.54, 1.807) is 13.0 Å². The Balaban J connectivity index is 2.30. The average Bonchev–Trinajstić information content (AvgIpc) is 2.29. The predicted molar refractivity (Wildman–Crippen MR) is 57.1 cm³/mol. The largest absolute Gasteiger partial charge is 0.310 e. The van der Waals surface area contributed by atoms with Crippen LogP contribution in [0.1, 0.15) is 8.29 Å². The van der Waals surface area contributed by atoms with Gasteiger partial charge in [-0.15, -0.1) is 6.58 Å². The first-order chi connectivity index (χ1) is 7.11. The van der Waals surface area contributed by atoms with Gasteiger partial charge in [-0.2, -0.15) is 0 Å². The highest BCUT2D eigenvalue weighted by Crippen LogP contribution is 2.36. The molecule has 2 heteroatoms. The zero-order valence-electron chi connectivity index (χ0n) is 9.10. The number of para-hydroxylation sites is 1. The van der Waals surface area contributed by atoms with Crippen molar-refractivity contribution in [3.05, 3.63) is 43.0 Å². The normalized spacial score (nSPS) is 32.1. The Morgan fingerprint density at radius 1 is 1.57 bits per heavy atom. The van der Waals surface area contributed by atoms with Gasteiger partial charge in [-0.1, -0.05) is 24.3 Å². The van der Waals surface area contributed by atoms with Crippen LogP contribution in [0.15, 0.2) is 43.0 Å². The highest BCUT2D eigenvalue weighted by Gasteiger charge is 2.46. The molecule has 2 nitrogen and oxygen atoms in total. The molecule has 0 radical (unpaired) electrons. The van der Waals surface area contributed by atoms with Gasteiger partial charge in [0.1, 0.15) is 0 Å². The molecule has 1 aromatic carbocycles. The number of hydrogen-bond donors (Lipinski definition) is 0. The van der Waals surface area contributed by atoms with Crippen molar-refractivity contribution in [2.75, 3.05) is 11.4 Å². The molecule has 0 saturated carbocycles. The van der Waals surface area contributed by atoms with Crippen LogP contribution in [-0.2, 0) is 4.79 Å². The van der Waals surface area contributed by atoms with Gasteiger partial charge in [0.25, 0.3) is 0 Å². The van der Waals surface area contributed by atoms with E-state index in [1.807, 2.05) is 30.3 Å². The van der Waals surface area contributed by atoms with Gasteiger partial charge in [-0.05, 0) is 19.1 Å². The molecule has 72 valence electrons. The Morgan fingerprint density at radius 2 is 2.21 bits per heavy atom. The molecule has 1 heterocycles. The van der Waals surface area contributed by atoms with Gasteiger partial charge >= 0.3 is 0 Å². The highest BCUT2D eigenvalue weighted by atomic mass is 16.2. The summed E-state index contributed by atoms with van der Waals surface area (Å²) in [4.78, 5) is 13.3. The first-order valence-corrected chi connectivity index (χ1v) is 4.56. The maximum absolute atomic E-state index is 11.9. The van der Waals surface area contributed by atoms with Crippen LogP contribution < -0.4 is 4.90 Å². The predicted octanol–water partition coefficient (Wildman–Crippen LogP) is 2.23. The molecule has 1 aliphatic heterocycles. The van der Waals surface area contributed by atoms with Crippen molar-refractivity contribution in [2.24, 2.45) is 5.41 Å². The Kier molecular flexibility index (Phi) is 1.66. The lowest BCUT2D eigenvalue weighted by Gasteiger charge is -2.44. The minimum Gasteiger partial charge on any atom is -0.310 e. The fourth-order valence-electron chi connectivity index (χ4n) is 1.50. The van der Waals surface area contributed by atoms with Gasteiger partial charge in [0.15, 0.2) is 0 Å². The number of nitrogens with zero attached hydrogens (tertiary/aromatic N) is 1. The Bertz CT molecular complexity index is 403. The van der Waals surface area contributed by atoms with Crippen LogP contribution in [0, 0.1) is 5.41 Å². The number of anilines is 1. The molecule has 0 spiro atoms. The zero-order valence-corrected chi connectivity index (χ0v) is 8.10. The number of amides is 1. The van der Waals surface area contributed by atoms with E-state index in [9.17, 15) is 4.79 Å². The van der Waals surface area contributed by atoms with Crippen LogP contribution in [0.2, 0.25) is 0 Å². The summed E-state index contributed by atoms with van der Waals surface area (Å²) in [5, 5.41) is 0. The van der Waals surface area contributed by atoms with Crippen LogP contribution in [0.4, 0.5) is 5.69 Å². The monoisotopic (exact) mass is 188 g/mol. The first-order valence-electron chi connectivity index (χ1n) is 5.13. The molecular weight excluding hydrogens is 174 g/mol. The standard InChI is InChI=1S/C12H13NO/c1-3-12(2)9-13(11(12)14)10-7-5-4-6-8-10/h3-8H,1,9H2,2H3/t12-/m1/s1/i9D/t9-,12+/m0. The average molecular weight is 188 g/mol. The maximum atomic E-state index is 11.9. The van der Waals surface area contributed by atoms with Gasteiger partial charge in [-0.3, -0.25) is 4.79 Å². The van der Waals surface area contributed by atoms with E-state index in [4.69, 9.17) is 1.37 Å². The second-order valence-electron chi connectivity index (χ2n) is 3.63. The maximum Gasteiger partial charge on any atom is 0.238 e. The van der Waals surface area contributed by atoms with E-state index in [0.29, 0.717) is 0 Å². The third-order valence-electron chi connectivity index (χ3n) is 2.54. The summed E-state index contributed by atoms with van der Waals surface area (Å²) in [6.45, 7) is 4.80. The SMILES string of the molecule is [2H][C@@H]1N(c2ccccc2)C(=O)[C@]1(C)C=C. The smallest absolute Gasteiger partial charge is 0.238 e. The van der Waals surface area contributed by atoms with Crippen molar-refractivity contribution in [3.63, 3.8) is 0 Å². The van der Waals surface area contributed by atoms with Gasteiger partial charge < -0.3 is 4.90 Å². The summed E-state index contributed by atoms with van der Waals surface area (Å²) in [5.74, 6) is -0.0521. The van der Waals surface area contributed by atoms with Crippen molar-refractivity contribution in [1.29, 1.82) is 0 Å². The van der Waals surface area contributed by atoms with E-state index < -0.39 is 11.9 Å². The minimum absolute atomic E-state index is 0.0521. The van der Waals surface area contributed by atoms with Crippen LogP contribution in [0.25, 0.3) is 0 Å². The second-order valence-corrected chi connectivity index (χ2v) is 3.63. The first kappa shape index (κ1) is 7.80. The molecule has 1 aromatic rings. The molecule has 0 aromatic heterocycles. The third-order valence-corrected chi connectivity index (χ3v) is 2.54. The number of hydrogen-bond acceptors (Lipinski definition) is 1. The molecule has 0 unspecified atom stereocenters. The van der Waals surface area contributed by atoms with E-state index >= 15 is 0 Å². The number of rotatable bonds is 2. The molecule has 14 heavy (non-hydrogen) atoms. The fourth-order valence-corrected chi connectivity index (χ4v) is 1.50. The molecule has 2 rings (SSSR count). The molecule has 1 fully saturated rings. The van der Waals surface area contributed by atoms with Gasteiger partial charge in [0.05, 0.1) is 6.79 Å². The number of β-lactam (4-membered cyclic amide) rings is 1. The summed E-state index contributed by atoms with van der Waals surface area (Å²) < 4.78 is 7.93. The minimum atomic E-state index is -0.726. The number of carbonyl (C=O) groups excluding carboxylic acids is 1. The Labute approximate surface area is 85.3 Å². The molecule has 0 N–H and O–H groups in total. The highest BCUT2D eigenvalue weighted by molar-refractivity contribution is 6.05. The van der Waals surface area contributed by atoms with Crippen molar-refractivity contribution >= 4 is 11.6 Å². The Hall–Kier alpha value is -1.57. The Morgan fingerprint density at radius 3 is 2.71 bits per heavy atom. The molecule has 1 aliphatic rings. The lowest BCUT2D eigenvalue weighted by atomic mass is 9.80. The van der Waals surface area contributed by atoms with E-state index in [0.717, 1.165) is 5.69 Å². The number of benzene rings is 1. The fraction of sp³-hybridized carbons (Fsp3) is 0.250. The van der Waals surface area contributed by atoms with Crippen LogP contribution >= 0.6 is 0 Å². The van der Waals surface area contributed by atoms with Crippen LogP contribution in [0.5, 0.6) is 0 Å². The summed E-state index contributed by atoms with van der Waals surface area (Å²) >= 11 is 0. The van der Waals surface area contributed by atoms with E-state index in [2.05, 4.69) is 6.58 Å². The second kappa shape index (κ2) is 2.98. The summed E-state index contributed by atoms with van der Waals surface area (Å²) in [6.07, 6.45) is 1.56. The van der Waals surface area contributed by atoms with Gasteiger partial charge in [-0.25, -0.2) is 0 Å². The van der Waals surface area contributed by atoms with Crippen molar-refractivity contribution in [3.8, 4) is 0 Å². The topological polar surface area (TPSA) is 20.3 Å². The number of carbonyl (C=O) groups is 1. The lowest BCUT2D eigenvalue weighted by molar-refractivity contribution is -0.130. The molecule has 0 bridgehead atoms. The zero-order chi connectivity index (χ0) is 11.1. The van der Waals surface area contributed by atoms with Crippen molar-refractivity contribution < 1.29 is 6.17 Å². The summed E-state index contributed by atoms with van der Waals surface area (Å²) in [6, 6.07) is 9.28. The lowest BCUT2D eigenvalue weighted by Crippen LogP contribution is -2.59. The molecule has 0 aliphatic carbocycles. The molecular formula is C12H13NO. The molecule has 2 atom stereocenters. The van der Waals surface area contributed by atoms with Crippen LogP contribution in [0.3, 0.4) is 0 Å². The molecule has 1 amide bonds. The quantitative estimate of drug-likeness (QED) is 0.515.